The lowest BCUT2D eigenvalue weighted by atomic mass is 10.1. The van der Waals surface area contributed by atoms with E-state index in [9.17, 15) is 14.4 Å². The predicted octanol–water partition coefficient (Wildman–Crippen LogP) is -1.12. The largest absolute Gasteiger partial charge is 0.313 e. The van der Waals surface area contributed by atoms with Crippen molar-refractivity contribution in [1.29, 1.82) is 0 Å². The molecule has 1 aliphatic heterocycles. The van der Waals surface area contributed by atoms with Crippen molar-refractivity contribution in [2.45, 2.75) is 6.92 Å². The van der Waals surface area contributed by atoms with Crippen LogP contribution in [0, 0.1) is 5.92 Å². The minimum atomic E-state index is -1.25. The number of aldehydes is 1. The molecule has 1 unspecified atom stereocenters. The van der Waals surface area contributed by atoms with Crippen molar-refractivity contribution in [3.63, 3.8) is 0 Å². The number of nitrogens with one attached hydrogen (secondary N) is 1. The molecule has 0 spiro atoms. The van der Waals surface area contributed by atoms with Crippen molar-refractivity contribution < 1.29 is 14.4 Å². The van der Waals surface area contributed by atoms with E-state index in [1.54, 1.807) is 0 Å². The predicted molar refractivity (Wildman–Crippen MR) is 35.8 cm³/mol. The monoisotopic (exact) mass is 154 g/mol. The molecular formula is C6H6N2O3. The molecule has 2 amide bonds. The van der Waals surface area contributed by atoms with Gasteiger partial charge in [-0.15, -0.1) is 0 Å². The summed E-state index contributed by atoms with van der Waals surface area (Å²) in [7, 11) is 0. The van der Waals surface area contributed by atoms with E-state index in [1.807, 2.05) is 0 Å². The number of rotatable bonds is 1. The topological polar surface area (TPSA) is 75.6 Å². The van der Waals surface area contributed by atoms with Crippen LogP contribution >= 0.6 is 0 Å². The van der Waals surface area contributed by atoms with E-state index in [-0.39, 0.29) is 12.1 Å². The maximum atomic E-state index is 10.8. The van der Waals surface area contributed by atoms with E-state index < -0.39 is 17.7 Å². The average molecular weight is 154 g/mol. The molecule has 1 rings (SSSR count). The third-order valence-electron chi connectivity index (χ3n) is 1.27. The number of amidine groups is 1. The van der Waals surface area contributed by atoms with Gasteiger partial charge in [-0.3, -0.25) is 9.59 Å². The number of nitrogens with zero attached hydrogens (tertiary/aromatic N) is 1. The number of hydrogen-bond donors (Lipinski definition) is 1. The van der Waals surface area contributed by atoms with Gasteiger partial charge in [0.25, 0.3) is 5.91 Å². The van der Waals surface area contributed by atoms with Crippen LogP contribution in [0.2, 0.25) is 0 Å². The number of amides is 2. The van der Waals surface area contributed by atoms with Crippen molar-refractivity contribution in [3.8, 4) is 0 Å². The van der Waals surface area contributed by atoms with Gasteiger partial charge in [-0.1, -0.05) is 0 Å². The van der Waals surface area contributed by atoms with Gasteiger partial charge in [0.1, 0.15) is 12.1 Å². The molecule has 0 aromatic carbocycles. The molecule has 0 aromatic heterocycles. The summed E-state index contributed by atoms with van der Waals surface area (Å²) >= 11 is 0. The molecule has 0 saturated heterocycles. The second-order valence-electron chi connectivity index (χ2n) is 2.14. The van der Waals surface area contributed by atoms with Crippen LogP contribution in [0.1, 0.15) is 6.92 Å². The Balaban J connectivity index is 2.94. The van der Waals surface area contributed by atoms with Crippen molar-refractivity contribution >= 4 is 23.9 Å². The Morgan fingerprint density at radius 2 is 2.18 bits per heavy atom. The van der Waals surface area contributed by atoms with E-state index in [2.05, 4.69) is 10.3 Å². The highest BCUT2D eigenvalue weighted by Gasteiger charge is 2.29. The lowest BCUT2D eigenvalue weighted by Gasteiger charge is -2.12. The lowest BCUT2D eigenvalue weighted by molar-refractivity contribution is -0.136. The van der Waals surface area contributed by atoms with Gasteiger partial charge in [0.2, 0.25) is 5.91 Å². The number of carbonyl (C=O) groups is 3. The molecule has 58 valence electrons. The van der Waals surface area contributed by atoms with Crippen molar-refractivity contribution in [1.82, 2.24) is 5.32 Å². The summed E-state index contributed by atoms with van der Waals surface area (Å²) < 4.78 is 0. The van der Waals surface area contributed by atoms with Crippen LogP contribution < -0.4 is 5.32 Å². The molecule has 1 heterocycles. The standard InChI is InChI=1S/C6H6N2O3/c1-3-7-5(10)4(2-9)6(11)8-3/h2,4H,1H3,(H,7,8,10,11). The summed E-state index contributed by atoms with van der Waals surface area (Å²) in [6.45, 7) is 1.48. The lowest BCUT2D eigenvalue weighted by Crippen LogP contribution is -2.43. The molecule has 5 heteroatoms. The Bertz CT molecular complexity index is 257. The van der Waals surface area contributed by atoms with Gasteiger partial charge < -0.3 is 10.1 Å². The Morgan fingerprint density at radius 3 is 2.64 bits per heavy atom. The van der Waals surface area contributed by atoms with Gasteiger partial charge in [-0.25, -0.2) is 0 Å². The van der Waals surface area contributed by atoms with E-state index in [4.69, 9.17) is 0 Å². The van der Waals surface area contributed by atoms with Gasteiger partial charge in [0, 0.05) is 0 Å². The fourth-order valence-corrected chi connectivity index (χ4v) is 0.751. The summed E-state index contributed by atoms with van der Waals surface area (Å²) in [5.74, 6) is -2.31. The number of carbonyl (C=O) groups excluding carboxylic acids is 3. The highest BCUT2D eigenvalue weighted by molar-refractivity contribution is 6.21. The Kier molecular flexibility index (Phi) is 1.80. The fourth-order valence-electron chi connectivity index (χ4n) is 0.751. The van der Waals surface area contributed by atoms with Crippen LogP contribution in [0.5, 0.6) is 0 Å². The Hall–Kier alpha value is -1.52. The maximum absolute atomic E-state index is 10.8. The van der Waals surface area contributed by atoms with Gasteiger partial charge in [0.15, 0.2) is 5.92 Å². The van der Waals surface area contributed by atoms with Crippen molar-refractivity contribution in [2.24, 2.45) is 10.9 Å². The summed E-state index contributed by atoms with van der Waals surface area (Å²) in [6, 6.07) is 0. The van der Waals surface area contributed by atoms with Crippen LogP contribution in [-0.2, 0) is 14.4 Å². The van der Waals surface area contributed by atoms with Gasteiger partial charge in [-0.2, -0.15) is 4.99 Å². The van der Waals surface area contributed by atoms with Gasteiger partial charge in [-0.05, 0) is 6.92 Å². The molecule has 0 radical (unpaired) electrons. The molecule has 11 heavy (non-hydrogen) atoms. The number of aliphatic imine (C=N–C) groups is 1. The number of hydrogen-bond acceptors (Lipinski definition) is 3. The molecule has 0 aliphatic carbocycles. The molecule has 1 aliphatic rings. The minimum absolute atomic E-state index is 0.234. The molecule has 5 nitrogen and oxygen atoms in total. The van der Waals surface area contributed by atoms with E-state index in [0.29, 0.717) is 0 Å². The molecular weight excluding hydrogens is 148 g/mol. The van der Waals surface area contributed by atoms with E-state index >= 15 is 0 Å². The van der Waals surface area contributed by atoms with E-state index in [1.165, 1.54) is 6.92 Å². The van der Waals surface area contributed by atoms with Crippen molar-refractivity contribution in [2.75, 3.05) is 0 Å². The Labute approximate surface area is 62.5 Å². The highest BCUT2D eigenvalue weighted by atomic mass is 16.2. The molecule has 0 bridgehead atoms. The second kappa shape index (κ2) is 2.61. The maximum Gasteiger partial charge on any atom is 0.267 e. The first-order valence-corrected chi connectivity index (χ1v) is 3.00. The first-order valence-electron chi connectivity index (χ1n) is 3.00. The minimum Gasteiger partial charge on any atom is -0.313 e. The average Bonchev–Trinajstić information content (AvgIpc) is 1.85. The normalized spacial score (nSPS) is 24.1. The summed E-state index contributed by atoms with van der Waals surface area (Å²) in [6.07, 6.45) is 0.285. The molecule has 1 N–H and O–H groups in total. The van der Waals surface area contributed by atoms with E-state index in [0.717, 1.165) is 0 Å². The van der Waals surface area contributed by atoms with Crippen LogP contribution in [0.15, 0.2) is 4.99 Å². The SMILES string of the molecule is CC1=NC(=O)C(C=O)C(=O)N1. The third kappa shape index (κ3) is 1.31. The zero-order valence-electron chi connectivity index (χ0n) is 5.83. The Morgan fingerprint density at radius 1 is 1.55 bits per heavy atom. The summed E-state index contributed by atoms with van der Waals surface area (Å²) in [5.41, 5.74) is 0. The van der Waals surface area contributed by atoms with Crippen LogP contribution in [0.25, 0.3) is 0 Å². The third-order valence-corrected chi connectivity index (χ3v) is 1.27. The van der Waals surface area contributed by atoms with Gasteiger partial charge >= 0.3 is 0 Å². The zero-order chi connectivity index (χ0) is 8.43. The molecule has 0 saturated carbocycles. The quantitative estimate of drug-likeness (QED) is 0.384. The molecule has 1 atom stereocenters. The summed E-state index contributed by atoms with van der Waals surface area (Å²) in [5, 5.41) is 2.27. The van der Waals surface area contributed by atoms with Crippen molar-refractivity contribution in [3.05, 3.63) is 0 Å². The van der Waals surface area contributed by atoms with Gasteiger partial charge in [0.05, 0.1) is 0 Å². The highest BCUT2D eigenvalue weighted by Crippen LogP contribution is 2.01. The van der Waals surface area contributed by atoms with Crippen LogP contribution in [-0.4, -0.2) is 23.9 Å². The zero-order valence-corrected chi connectivity index (χ0v) is 5.83. The first-order chi connectivity index (χ1) is 5.15. The molecule has 0 aromatic rings. The molecule has 0 fully saturated rings. The first kappa shape index (κ1) is 7.59. The van der Waals surface area contributed by atoms with Crippen LogP contribution in [0.4, 0.5) is 0 Å². The smallest absolute Gasteiger partial charge is 0.267 e. The summed E-state index contributed by atoms with van der Waals surface area (Å²) in [4.78, 5) is 35.1. The fraction of sp³-hybridized carbons (Fsp3) is 0.333. The van der Waals surface area contributed by atoms with Crippen LogP contribution in [0.3, 0.4) is 0 Å². The second-order valence-corrected chi connectivity index (χ2v) is 2.14.